The Hall–Kier alpha value is -2.47. The largest absolute Gasteiger partial charge is 0.476 e. The van der Waals surface area contributed by atoms with Crippen LogP contribution >= 0.6 is 11.6 Å². The molecule has 3 heterocycles. The van der Waals surface area contributed by atoms with Crippen LogP contribution in [-0.4, -0.2) is 26.7 Å². The second-order valence-electron chi connectivity index (χ2n) is 5.43. The van der Waals surface area contributed by atoms with E-state index in [-0.39, 0.29) is 0 Å². The number of rotatable bonds is 5. The maximum atomic E-state index is 6.22. The van der Waals surface area contributed by atoms with Crippen LogP contribution in [0.2, 0.25) is 5.02 Å². The average Bonchev–Trinajstić information content (AvgIpc) is 3.28. The van der Waals surface area contributed by atoms with E-state index in [1.54, 1.807) is 24.7 Å². The predicted molar refractivity (Wildman–Crippen MR) is 84.0 cm³/mol. The smallest absolute Gasteiger partial charge is 0.259 e. The van der Waals surface area contributed by atoms with E-state index in [0.29, 0.717) is 40.7 Å². The molecule has 0 aliphatic heterocycles. The fraction of sp³-hybridized carbons (Fsp3) is 0.250. The van der Waals surface area contributed by atoms with Crippen molar-refractivity contribution in [1.82, 2.24) is 20.1 Å². The lowest BCUT2D eigenvalue weighted by molar-refractivity contribution is 0.288. The van der Waals surface area contributed by atoms with Crippen molar-refractivity contribution >= 4 is 11.6 Å². The Morgan fingerprint density at radius 3 is 2.91 bits per heavy atom. The summed E-state index contributed by atoms with van der Waals surface area (Å²) in [4.78, 5) is 12.6. The minimum absolute atomic E-state index is 0.354. The Labute approximate surface area is 137 Å². The second-order valence-corrected chi connectivity index (χ2v) is 5.84. The predicted octanol–water partition coefficient (Wildman–Crippen LogP) is 3.64. The van der Waals surface area contributed by atoms with Gasteiger partial charge in [-0.05, 0) is 37.0 Å². The molecule has 116 valence electrons. The van der Waals surface area contributed by atoms with Crippen LogP contribution in [0.5, 0.6) is 5.88 Å². The van der Waals surface area contributed by atoms with Crippen LogP contribution in [-0.2, 0) is 0 Å². The third-order valence-electron chi connectivity index (χ3n) is 3.55. The minimum Gasteiger partial charge on any atom is -0.476 e. The van der Waals surface area contributed by atoms with Gasteiger partial charge in [0.15, 0.2) is 0 Å². The van der Waals surface area contributed by atoms with Crippen LogP contribution in [0.15, 0.2) is 41.3 Å². The molecule has 0 amide bonds. The zero-order chi connectivity index (χ0) is 15.6. The lowest BCUT2D eigenvalue weighted by Crippen LogP contribution is -2.01. The van der Waals surface area contributed by atoms with Gasteiger partial charge >= 0.3 is 0 Å². The third-order valence-corrected chi connectivity index (χ3v) is 3.82. The number of hydrogen-bond donors (Lipinski definition) is 0. The van der Waals surface area contributed by atoms with Crippen LogP contribution in [0.3, 0.4) is 0 Å². The third kappa shape index (κ3) is 3.17. The van der Waals surface area contributed by atoms with Crippen molar-refractivity contribution in [2.45, 2.75) is 12.8 Å². The first-order valence-corrected chi connectivity index (χ1v) is 7.70. The highest BCUT2D eigenvalue weighted by atomic mass is 35.5. The van der Waals surface area contributed by atoms with Crippen molar-refractivity contribution in [2.75, 3.05) is 6.61 Å². The highest BCUT2D eigenvalue weighted by Gasteiger charge is 2.23. The Bertz CT molecular complexity index is 818. The van der Waals surface area contributed by atoms with Crippen LogP contribution < -0.4 is 4.74 Å². The number of aromatic nitrogens is 4. The van der Waals surface area contributed by atoms with Crippen LogP contribution in [0.25, 0.3) is 22.8 Å². The van der Waals surface area contributed by atoms with E-state index in [1.807, 2.05) is 12.1 Å². The van der Waals surface area contributed by atoms with Crippen LogP contribution in [0.1, 0.15) is 12.8 Å². The molecule has 4 rings (SSSR count). The Kier molecular flexibility index (Phi) is 3.67. The average molecular weight is 329 g/mol. The molecule has 3 aromatic rings. The van der Waals surface area contributed by atoms with Crippen LogP contribution in [0, 0.1) is 5.92 Å². The van der Waals surface area contributed by atoms with E-state index in [0.717, 1.165) is 5.56 Å². The topological polar surface area (TPSA) is 73.9 Å². The molecule has 1 aliphatic rings. The molecule has 1 fully saturated rings. The molecule has 0 N–H and O–H groups in total. The fourth-order valence-electron chi connectivity index (χ4n) is 2.08. The molecule has 0 spiro atoms. The van der Waals surface area contributed by atoms with Crippen molar-refractivity contribution in [3.05, 3.63) is 41.8 Å². The summed E-state index contributed by atoms with van der Waals surface area (Å²) in [5, 5.41) is 4.39. The summed E-state index contributed by atoms with van der Waals surface area (Å²) in [5.41, 5.74) is 1.43. The van der Waals surface area contributed by atoms with Crippen molar-refractivity contribution < 1.29 is 9.26 Å². The maximum absolute atomic E-state index is 6.22. The molecule has 3 aromatic heterocycles. The van der Waals surface area contributed by atoms with E-state index in [1.165, 1.54) is 12.8 Å². The highest BCUT2D eigenvalue weighted by molar-refractivity contribution is 6.32. The molecule has 0 unspecified atom stereocenters. The van der Waals surface area contributed by atoms with Crippen molar-refractivity contribution in [2.24, 2.45) is 5.92 Å². The van der Waals surface area contributed by atoms with Gasteiger partial charge in [0.2, 0.25) is 11.7 Å². The van der Waals surface area contributed by atoms with Gasteiger partial charge in [-0.2, -0.15) is 4.98 Å². The maximum Gasteiger partial charge on any atom is 0.259 e. The van der Waals surface area contributed by atoms with Crippen molar-refractivity contribution in [3.8, 4) is 28.7 Å². The van der Waals surface area contributed by atoms with E-state index in [9.17, 15) is 0 Å². The SMILES string of the molecule is Clc1cc(-c2nc(-c3cccnc3)no2)cnc1OCC1CC1. The number of pyridine rings is 2. The summed E-state index contributed by atoms with van der Waals surface area (Å²) < 4.78 is 10.9. The molecule has 0 aromatic carbocycles. The van der Waals surface area contributed by atoms with E-state index in [2.05, 4.69) is 20.1 Å². The monoisotopic (exact) mass is 328 g/mol. The zero-order valence-electron chi connectivity index (χ0n) is 12.1. The minimum atomic E-state index is 0.354. The fourth-order valence-corrected chi connectivity index (χ4v) is 2.30. The lowest BCUT2D eigenvalue weighted by atomic mass is 10.2. The number of hydrogen-bond acceptors (Lipinski definition) is 6. The van der Waals surface area contributed by atoms with Gasteiger partial charge in [0.1, 0.15) is 5.02 Å². The summed E-state index contributed by atoms with van der Waals surface area (Å²) in [6.07, 6.45) is 7.42. The molecule has 0 saturated heterocycles. The zero-order valence-corrected chi connectivity index (χ0v) is 12.9. The quantitative estimate of drug-likeness (QED) is 0.712. The first-order valence-electron chi connectivity index (χ1n) is 7.32. The summed E-state index contributed by atoms with van der Waals surface area (Å²) >= 11 is 6.22. The van der Waals surface area contributed by atoms with Gasteiger partial charge in [0.25, 0.3) is 5.89 Å². The molecular formula is C16H13ClN4O2. The Morgan fingerprint density at radius 1 is 1.26 bits per heavy atom. The van der Waals surface area contributed by atoms with Crippen molar-refractivity contribution in [3.63, 3.8) is 0 Å². The van der Waals surface area contributed by atoms with Gasteiger partial charge in [-0.3, -0.25) is 4.98 Å². The standard InChI is InChI=1S/C16H13ClN4O2/c17-13-6-12(8-19-16(13)22-9-10-3-4-10)15-20-14(21-23-15)11-2-1-5-18-7-11/h1-2,5-8,10H,3-4,9H2. The number of ether oxygens (including phenoxy) is 1. The lowest BCUT2D eigenvalue weighted by Gasteiger charge is -2.06. The molecule has 0 atom stereocenters. The van der Waals surface area contributed by atoms with Gasteiger partial charge < -0.3 is 9.26 Å². The molecule has 23 heavy (non-hydrogen) atoms. The first kappa shape index (κ1) is 14.1. The normalized spacial score (nSPS) is 14.0. The van der Waals surface area contributed by atoms with Gasteiger partial charge in [-0.1, -0.05) is 16.8 Å². The number of nitrogens with zero attached hydrogens (tertiary/aromatic N) is 4. The summed E-state index contributed by atoms with van der Waals surface area (Å²) in [6, 6.07) is 5.40. The molecule has 1 aliphatic carbocycles. The van der Waals surface area contributed by atoms with Gasteiger partial charge in [0.05, 0.1) is 12.2 Å². The number of halogens is 1. The molecule has 1 saturated carbocycles. The summed E-state index contributed by atoms with van der Waals surface area (Å²) in [7, 11) is 0. The van der Waals surface area contributed by atoms with E-state index >= 15 is 0 Å². The Morgan fingerprint density at radius 2 is 2.17 bits per heavy atom. The molecular weight excluding hydrogens is 316 g/mol. The Balaban J connectivity index is 1.55. The van der Waals surface area contributed by atoms with E-state index in [4.69, 9.17) is 20.9 Å². The second kappa shape index (κ2) is 5.96. The first-order chi connectivity index (χ1) is 11.3. The highest BCUT2D eigenvalue weighted by Crippen LogP contribution is 2.32. The molecule has 7 heteroatoms. The molecule has 0 bridgehead atoms. The van der Waals surface area contributed by atoms with Gasteiger partial charge in [-0.25, -0.2) is 4.98 Å². The summed E-state index contributed by atoms with van der Waals surface area (Å²) in [6.45, 7) is 0.664. The molecule has 0 radical (unpaired) electrons. The molecule has 6 nitrogen and oxygen atoms in total. The van der Waals surface area contributed by atoms with Gasteiger partial charge in [0, 0.05) is 24.2 Å². The summed E-state index contributed by atoms with van der Waals surface area (Å²) in [5.74, 6) is 1.91. The van der Waals surface area contributed by atoms with E-state index < -0.39 is 0 Å². The van der Waals surface area contributed by atoms with Crippen LogP contribution in [0.4, 0.5) is 0 Å². The van der Waals surface area contributed by atoms with Gasteiger partial charge in [-0.15, -0.1) is 0 Å². The van der Waals surface area contributed by atoms with Crippen molar-refractivity contribution in [1.29, 1.82) is 0 Å².